The van der Waals surface area contributed by atoms with E-state index in [1.54, 1.807) is 0 Å². The molecule has 0 bridgehead atoms. The molecule has 251 valence electrons. The third-order valence-corrected chi connectivity index (χ3v) is 11.6. The third-order valence-electron chi connectivity index (χ3n) is 6.39. The van der Waals surface area contributed by atoms with Crippen molar-refractivity contribution in [3.63, 3.8) is 0 Å². The number of hydrogen-bond donors (Lipinski definition) is 0. The Labute approximate surface area is 325 Å². The normalized spacial score (nSPS) is 9.45. The van der Waals surface area contributed by atoms with E-state index in [1.807, 2.05) is 0 Å². The summed E-state index contributed by atoms with van der Waals surface area (Å²) in [6.07, 6.45) is 3.72. The van der Waals surface area contributed by atoms with Crippen LogP contribution in [0.25, 0.3) is 0 Å². The third kappa shape index (κ3) is 16.9. The molecule has 0 aliphatic rings. The average molecular weight is 1070 g/mol. The van der Waals surface area contributed by atoms with Crippen LogP contribution in [-0.4, -0.2) is 12.3 Å². The van der Waals surface area contributed by atoms with Crippen LogP contribution < -0.4 is 46.0 Å². The Morgan fingerprint density at radius 2 is 0.638 bits per heavy atom. The summed E-state index contributed by atoms with van der Waals surface area (Å²) in [6.45, 7) is 0. The molecule has 0 spiro atoms. The number of rotatable bonds is 8. The number of hydrogen-bond acceptors (Lipinski definition) is 0. The van der Waals surface area contributed by atoms with E-state index in [9.17, 15) is 8.78 Å². The second-order valence-corrected chi connectivity index (χ2v) is 14.1. The van der Waals surface area contributed by atoms with E-state index < -0.39 is 0 Å². The van der Waals surface area contributed by atoms with Crippen LogP contribution in [0.4, 0.5) is 8.78 Å². The average Bonchev–Trinajstić information content (AvgIpc) is 3.08. The summed E-state index contributed by atoms with van der Waals surface area (Å²) in [5.41, 5.74) is 0. The molecular formula is C39H34Au2Cl2F2P2-. The molecule has 6 aromatic carbocycles. The molecule has 0 aromatic heterocycles. The first-order valence-electron chi connectivity index (χ1n) is 14.2. The zero-order valence-electron chi connectivity index (χ0n) is 25.3. The summed E-state index contributed by atoms with van der Waals surface area (Å²) < 4.78 is 23.8. The summed E-state index contributed by atoms with van der Waals surface area (Å²) in [7, 11) is -0.618. The van der Waals surface area contributed by atoms with Gasteiger partial charge in [-0.05, 0) is 55.8 Å². The van der Waals surface area contributed by atoms with Gasteiger partial charge < -0.3 is 24.8 Å². The molecule has 0 N–H and O–H groups in total. The van der Waals surface area contributed by atoms with Gasteiger partial charge >= 0.3 is 22.4 Å². The Hall–Kier alpha value is -1.90. The van der Waals surface area contributed by atoms with Crippen LogP contribution in [0.2, 0.25) is 0 Å². The Kier molecular flexibility index (Phi) is 25.9. The smallest absolute Gasteiger partial charge is 1.00 e. The molecule has 1 radical (unpaired) electrons. The number of halogens is 4. The van der Waals surface area contributed by atoms with Crippen molar-refractivity contribution in [2.24, 2.45) is 0 Å². The molecule has 0 atom stereocenters. The van der Waals surface area contributed by atoms with Crippen molar-refractivity contribution in [3.05, 3.63) is 194 Å². The second kappa shape index (κ2) is 27.0. The number of benzene rings is 6. The van der Waals surface area contributed by atoms with Crippen molar-refractivity contribution in [1.82, 2.24) is 0 Å². The van der Waals surface area contributed by atoms with E-state index in [4.69, 9.17) is 0 Å². The largest absolute Gasteiger partial charge is 3.00 e. The first-order chi connectivity index (χ1) is 21.2. The van der Waals surface area contributed by atoms with Gasteiger partial charge in [0.1, 0.15) is 0 Å². The fraction of sp³-hybridized carbons (Fsp3) is 0.0769. The van der Waals surface area contributed by atoms with Gasteiger partial charge in [0.25, 0.3) is 0 Å². The van der Waals surface area contributed by atoms with Gasteiger partial charge in [0.15, 0.2) is 0 Å². The molecule has 0 saturated heterocycles. The summed E-state index contributed by atoms with van der Waals surface area (Å²) in [6, 6.07) is 61.3. The summed E-state index contributed by atoms with van der Waals surface area (Å²) in [4.78, 5) is 0. The predicted octanol–water partition coefficient (Wildman–Crippen LogP) is 2.90. The quantitative estimate of drug-likeness (QED) is 0.125. The topological polar surface area (TPSA) is 0 Å². The van der Waals surface area contributed by atoms with Crippen LogP contribution in [0, 0.1) is 23.8 Å². The van der Waals surface area contributed by atoms with Crippen molar-refractivity contribution < 1.29 is 78.4 Å². The van der Waals surface area contributed by atoms with Crippen LogP contribution in [0.3, 0.4) is 0 Å². The van der Waals surface area contributed by atoms with Gasteiger partial charge in [-0.15, -0.1) is 24.3 Å². The monoisotopic (exact) mass is 1070 g/mol. The molecule has 0 aliphatic heterocycles. The Bertz CT molecular complexity index is 1360. The van der Waals surface area contributed by atoms with Gasteiger partial charge in [0.05, 0.1) is 0 Å². The summed E-state index contributed by atoms with van der Waals surface area (Å²) >= 11 is 0. The molecule has 0 nitrogen and oxygen atoms in total. The van der Waals surface area contributed by atoms with Crippen molar-refractivity contribution in [2.75, 3.05) is 12.3 Å². The van der Waals surface area contributed by atoms with Crippen LogP contribution in [-0.2, 0) is 44.8 Å². The molecule has 0 fully saturated rings. The SMILES string of the molecule is Fc1cc[c-]cc1.Fc1cc[c-]cc1.[Au+3].[Au].[Cl-].[Cl-].c1ccc(P(CCCP(c2ccccc2)c2ccccc2)c2ccccc2)cc1. The first-order valence-corrected chi connectivity index (χ1v) is 17.2. The van der Waals surface area contributed by atoms with Crippen molar-refractivity contribution in [2.45, 2.75) is 6.42 Å². The van der Waals surface area contributed by atoms with Crippen molar-refractivity contribution >= 4 is 37.1 Å². The molecule has 0 unspecified atom stereocenters. The summed E-state index contributed by atoms with van der Waals surface area (Å²) in [5.74, 6) is -0.419. The molecule has 0 saturated carbocycles. The standard InChI is InChI=1S/C27H26P2.2C6H4F.2Au.2ClH/c1-5-14-24(15-6-1)28(25-16-7-2-8-17-25)22-13-23-29(26-18-9-3-10-19-26)27-20-11-4-12-21-27;2*7-6-4-2-1-3-5-6;;;;/h1-12,14-21H,13,22-23H2;2*2-5H;;;2*1H/q;2*-1;;+3;;/p-2. The Balaban J connectivity index is 0.000000979. The van der Waals surface area contributed by atoms with E-state index in [1.165, 1.54) is 88.5 Å². The molecule has 47 heavy (non-hydrogen) atoms. The maximum absolute atomic E-state index is 11.9. The fourth-order valence-corrected chi connectivity index (χ4v) is 9.32. The molecule has 0 aliphatic carbocycles. The van der Waals surface area contributed by atoms with Gasteiger partial charge in [-0.3, -0.25) is 0 Å². The van der Waals surface area contributed by atoms with E-state index in [0.29, 0.717) is 0 Å². The zero-order chi connectivity index (χ0) is 30.0. The van der Waals surface area contributed by atoms with Crippen LogP contribution in [0.15, 0.2) is 170 Å². The molecule has 8 heteroatoms. The zero-order valence-corrected chi connectivity index (χ0v) is 32.9. The van der Waals surface area contributed by atoms with Gasteiger partial charge in [0.2, 0.25) is 0 Å². The van der Waals surface area contributed by atoms with Crippen molar-refractivity contribution in [1.29, 1.82) is 0 Å². The first kappa shape index (κ1) is 45.1. The van der Waals surface area contributed by atoms with Gasteiger partial charge in [-0.1, -0.05) is 121 Å². The summed E-state index contributed by atoms with van der Waals surface area (Å²) in [5, 5.41) is 5.94. The van der Waals surface area contributed by atoms with Crippen LogP contribution in [0.1, 0.15) is 6.42 Å². The van der Waals surface area contributed by atoms with Crippen LogP contribution in [0.5, 0.6) is 0 Å². The second-order valence-electron chi connectivity index (χ2n) is 9.44. The minimum absolute atomic E-state index is 0. The van der Waals surface area contributed by atoms with Gasteiger partial charge in [0, 0.05) is 34.0 Å². The predicted molar refractivity (Wildman–Crippen MR) is 183 cm³/mol. The Morgan fingerprint density at radius 1 is 0.404 bits per heavy atom. The van der Waals surface area contributed by atoms with E-state index >= 15 is 0 Å². The van der Waals surface area contributed by atoms with E-state index in [2.05, 4.69) is 133 Å². The maximum atomic E-state index is 11.9. The van der Waals surface area contributed by atoms with Crippen molar-refractivity contribution in [3.8, 4) is 0 Å². The van der Waals surface area contributed by atoms with Gasteiger partial charge in [-0.2, -0.15) is 36.4 Å². The van der Waals surface area contributed by atoms with E-state index in [-0.39, 0.29) is 97.1 Å². The fourth-order valence-electron chi connectivity index (χ4n) is 4.37. The molecule has 6 rings (SSSR count). The minimum Gasteiger partial charge on any atom is -1.00 e. The van der Waals surface area contributed by atoms with E-state index in [0.717, 1.165) is 0 Å². The molecular weight excluding hydrogens is 1030 g/mol. The molecule has 6 aromatic rings. The van der Waals surface area contributed by atoms with Crippen LogP contribution >= 0.6 is 15.8 Å². The molecule has 0 amide bonds. The molecule has 0 heterocycles. The minimum atomic E-state index is -0.309. The maximum Gasteiger partial charge on any atom is 3.00 e. The van der Waals surface area contributed by atoms with Gasteiger partial charge in [-0.25, -0.2) is 8.78 Å². The Morgan fingerprint density at radius 3 is 0.830 bits per heavy atom.